The maximum absolute atomic E-state index is 13.2. The lowest BCUT2D eigenvalue weighted by Gasteiger charge is -2.13. The first-order valence-electron chi connectivity index (χ1n) is 7.11. The Labute approximate surface area is 136 Å². The molecule has 0 spiro atoms. The van der Waals surface area contributed by atoms with Gasteiger partial charge in [0.05, 0.1) is 10.6 Å². The summed E-state index contributed by atoms with van der Waals surface area (Å²) < 4.78 is 19.5. The maximum Gasteiger partial charge on any atom is 0.229 e. The van der Waals surface area contributed by atoms with Crippen molar-refractivity contribution in [3.05, 3.63) is 40.8 Å². The van der Waals surface area contributed by atoms with E-state index in [4.69, 9.17) is 4.74 Å². The third kappa shape index (κ3) is 3.92. The van der Waals surface area contributed by atoms with Gasteiger partial charge in [0.2, 0.25) is 5.95 Å². The van der Waals surface area contributed by atoms with E-state index < -0.39 is 0 Å². The lowest BCUT2D eigenvalue weighted by atomic mass is 10.2. The number of anilines is 3. The molecule has 7 heteroatoms. The van der Waals surface area contributed by atoms with Crippen LogP contribution in [0.4, 0.5) is 21.8 Å². The fourth-order valence-electron chi connectivity index (χ4n) is 2.26. The van der Waals surface area contributed by atoms with Gasteiger partial charge in [-0.2, -0.15) is 4.98 Å². The summed E-state index contributed by atoms with van der Waals surface area (Å²) >= 11 is 3.42. The summed E-state index contributed by atoms with van der Waals surface area (Å²) in [5, 5.41) is 6.24. The second-order valence-electron chi connectivity index (χ2n) is 5.04. The highest BCUT2D eigenvalue weighted by molar-refractivity contribution is 9.10. The molecule has 116 valence electrons. The predicted molar refractivity (Wildman–Crippen MR) is 86.9 cm³/mol. The van der Waals surface area contributed by atoms with Crippen molar-refractivity contribution < 1.29 is 9.13 Å². The summed E-state index contributed by atoms with van der Waals surface area (Å²) in [6.07, 6.45) is 4.04. The van der Waals surface area contributed by atoms with E-state index in [2.05, 4.69) is 36.5 Å². The molecule has 1 aromatic heterocycles. The van der Waals surface area contributed by atoms with Crippen LogP contribution in [0.1, 0.15) is 12.8 Å². The van der Waals surface area contributed by atoms with E-state index in [1.165, 1.54) is 12.1 Å². The van der Waals surface area contributed by atoms with Gasteiger partial charge >= 0.3 is 0 Å². The molecule has 2 aromatic rings. The molecule has 0 radical (unpaired) electrons. The van der Waals surface area contributed by atoms with Crippen molar-refractivity contribution >= 4 is 33.4 Å². The van der Waals surface area contributed by atoms with Crippen LogP contribution in [0.15, 0.2) is 34.9 Å². The average Bonchev–Trinajstić information content (AvgIpc) is 3.01. The first-order valence-corrected chi connectivity index (χ1v) is 7.90. The molecular weight excluding hydrogens is 351 g/mol. The molecule has 0 bridgehead atoms. The van der Waals surface area contributed by atoms with Crippen LogP contribution in [0.25, 0.3) is 0 Å². The minimum absolute atomic E-state index is 0.224. The molecule has 2 N–H and O–H groups in total. The van der Waals surface area contributed by atoms with E-state index >= 15 is 0 Å². The van der Waals surface area contributed by atoms with Crippen molar-refractivity contribution in [2.45, 2.75) is 18.9 Å². The minimum Gasteiger partial charge on any atom is -0.376 e. The van der Waals surface area contributed by atoms with Gasteiger partial charge in [-0.25, -0.2) is 9.37 Å². The van der Waals surface area contributed by atoms with E-state index in [9.17, 15) is 4.39 Å². The zero-order chi connectivity index (χ0) is 15.4. The van der Waals surface area contributed by atoms with Crippen LogP contribution in [-0.4, -0.2) is 29.2 Å². The first-order chi connectivity index (χ1) is 10.7. The molecular formula is C15H16BrFN4O. The number of aromatic nitrogens is 2. The molecule has 1 unspecified atom stereocenters. The normalized spacial score (nSPS) is 17.5. The number of hydrogen-bond acceptors (Lipinski definition) is 5. The smallest absolute Gasteiger partial charge is 0.229 e. The van der Waals surface area contributed by atoms with Gasteiger partial charge in [-0.05, 0) is 47.0 Å². The Bertz CT molecular complexity index is 649. The van der Waals surface area contributed by atoms with E-state index in [0.29, 0.717) is 24.0 Å². The van der Waals surface area contributed by atoms with E-state index in [-0.39, 0.29) is 11.9 Å². The van der Waals surface area contributed by atoms with Gasteiger partial charge in [0, 0.05) is 25.0 Å². The Morgan fingerprint density at radius 1 is 1.41 bits per heavy atom. The van der Waals surface area contributed by atoms with E-state index in [1.54, 1.807) is 18.3 Å². The van der Waals surface area contributed by atoms with Gasteiger partial charge in [-0.1, -0.05) is 6.07 Å². The molecule has 1 aliphatic rings. The molecule has 1 atom stereocenters. The third-order valence-electron chi connectivity index (χ3n) is 3.35. The Kier molecular flexibility index (Phi) is 4.84. The van der Waals surface area contributed by atoms with Gasteiger partial charge in [0.25, 0.3) is 0 Å². The van der Waals surface area contributed by atoms with Crippen molar-refractivity contribution in [1.29, 1.82) is 0 Å². The van der Waals surface area contributed by atoms with Gasteiger partial charge < -0.3 is 15.4 Å². The van der Waals surface area contributed by atoms with Crippen LogP contribution in [0, 0.1) is 5.82 Å². The lowest BCUT2D eigenvalue weighted by Crippen LogP contribution is -2.19. The molecule has 5 nitrogen and oxygen atoms in total. The second-order valence-corrected chi connectivity index (χ2v) is 5.90. The topological polar surface area (TPSA) is 59.1 Å². The summed E-state index contributed by atoms with van der Waals surface area (Å²) in [6.45, 7) is 1.53. The fraction of sp³-hybridized carbons (Fsp3) is 0.333. The summed E-state index contributed by atoms with van der Waals surface area (Å²) in [5.41, 5.74) is 0.604. The van der Waals surface area contributed by atoms with Gasteiger partial charge in [-0.3, -0.25) is 0 Å². The number of nitrogens with zero attached hydrogens (tertiary/aromatic N) is 2. The van der Waals surface area contributed by atoms with Gasteiger partial charge in [0.1, 0.15) is 11.6 Å². The lowest BCUT2D eigenvalue weighted by molar-refractivity contribution is 0.120. The summed E-state index contributed by atoms with van der Waals surface area (Å²) in [6, 6.07) is 6.17. The molecule has 2 heterocycles. The molecule has 1 aromatic carbocycles. The third-order valence-corrected chi connectivity index (χ3v) is 3.93. The average molecular weight is 367 g/mol. The Hall–Kier alpha value is -1.73. The highest BCUT2D eigenvalue weighted by atomic mass is 79.9. The van der Waals surface area contributed by atoms with Crippen LogP contribution >= 0.6 is 15.9 Å². The van der Waals surface area contributed by atoms with Crippen molar-refractivity contribution in [3.63, 3.8) is 0 Å². The summed E-state index contributed by atoms with van der Waals surface area (Å²) in [5.74, 6) is 0.784. The molecule has 0 aliphatic carbocycles. The molecule has 1 saturated heterocycles. The zero-order valence-corrected chi connectivity index (χ0v) is 13.4. The maximum atomic E-state index is 13.2. The highest BCUT2D eigenvalue weighted by Crippen LogP contribution is 2.23. The van der Waals surface area contributed by atoms with Crippen molar-refractivity contribution in [3.8, 4) is 0 Å². The molecule has 1 aliphatic heterocycles. The highest BCUT2D eigenvalue weighted by Gasteiger charge is 2.16. The van der Waals surface area contributed by atoms with Crippen molar-refractivity contribution in [2.75, 3.05) is 23.8 Å². The Morgan fingerprint density at radius 3 is 3.09 bits per heavy atom. The van der Waals surface area contributed by atoms with Crippen LogP contribution in [-0.2, 0) is 4.74 Å². The van der Waals surface area contributed by atoms with Crippen LogP contribution in [0.3, 0.4) is 0 Å². The number of rotatable bonds is 5. The standard InChI is InChI=1S/C15H16BrFN4O/c16-13-9-19-15(20-11-4-1-3-10(17)7-11)21-14(13)18-8-12-5-2-6-22-12/h1,3-4,7,9,12H,2,5-6,8H2,(H2,18,19,20,21). The Balaban J connectivity index is 1.68. The predicted octanol–water partition coefficient (Wildman–Crippen LogP) is 3.71. The number of ether oxygens (including phenoxy) is 1. The number of halogens is 2. The zero-order valence-electron chi connectivity index (χ0n) is 11.9. The quantitative estimate of drug-likeness (QED) is 0.844. The van der Waals surface area contributed by atoms with E-state index in [1.807, 2.05) is 0 Å². The largest absolute Gasteiger partial charge is 0.376 e. The van der Waals surface area contributed by atoms with Crippen LogP contribution in [0.5, 0.6) is 0 Å². The van der Waals surface area contributed by atoms with Gasteiger partial charge in [0.15, 0.2) is 0 Å². The molecule has 22 heavy (non-hydrogen) atoms. The van der Waals surface area contributed by atoms with Crippen molar-refractivity contribution in [1.82, 2.24) is 9.97 Å². The molecule has 0 saturated carbocycles. The Morgan fingerprint density at radius 2 is 2.32 bits per heavy atom. The van der Waals surface area contributed by atoms with Gasteiger partial charge in [-0.15, -0.1) is 0 Å². The van der Waals surface area contributed by atoms with Crippen LogP contribution < -0.4 is 10.6 Å². The first kappa shape index (κ1) is 15.2. The summed E-state index contributed by atoms with van der Waals surface area (Å²) in [4.78, 5) is 8.58. The summed E-state index contributed by atoms with van der Waals surface area (Å²) in [7, 11) is 0. The monoisotopic (exact) mass is 366 g/mol. The van der Waals surface area contributed by atoms with Crippen LogP contribution in [0.2, 0.25) is 0 Å². The minimum atomic E-state index is -0.307. The molecule has 0 amide bonds. The molecule has 3 rings (SSSR count). The number of nitrogens with one attached hydrogen (secondary N) is 2. The number of hydrogen-bond donors (Lipinski definition) is 2. The van der Waals surface area contributed by atoms with E-state index in [0.717, 1.165) is 23.9 Å². The second kappa shape index (κ2) is 7.02. The SMILES string of the molecule is Fc1cccc(Nc2ncc(Br)c(NCC3CCCO3)n2)c1. The van der Waals surface area contributed by atoms with Crippen molar-refractivity contribution in [2.24, 2.45) is 0 Å². The fourth-order valence-corrected chi connectivity index (χ4v) is 2.59. The molecule has 1 fully saturated rings. The number of benzene rings is 1.